The Labute approximate surface area is 135 Å². The largest absolute Gasteiger partial charge is 0.375 e. The summed E-state index contributed by atoms with van der Waals surface area (Å²) in [5.41, 5.74) is 5.01. The first-order valence-electron chi connectivity index (χ1n) is 7.53. The van der Waals surface area contributed by atoms with Crippen LogP contribution in [-0.4, -0.2) is 15.0 Å². The Kier molecular flexibility index (Phi) is 4.06. The fourth-order valence-electron chi connectivity index (χ4n) is 3.03. The van der Waals surface area contributed by atoms with E-state index in [0.717, 1.165) is 5.69 Å². The van der Waals surface area contributed by atoms with E-state index in [0.29, 0.717) is 17.3 Å². The second-order valence-corrected chi connectivity index (χ2v) is 8.73. The zero-order chi connectivity index (χ0) is 15.1. The predicted molar refractivity (Wildman–Crippen MR) is 92.7 cm³/mol. The fraction of sp³-hybridized carbons (Fsp3) is 0.562. The molecule has 0 aromatic carbocycles. The molecule has 0 bridgehead atoms. The molecule has 0 radical (unpaired) electrons. The monoisotopic (exact) mass is 321 g/mol. The van der Waals surface area contributed by atoms with Crippen LogP contribution in [0.3, 0.4) is 0 Å². The third-order valence-corrected chi connectivity index (χ3v) is 6.39. The number of rotatable bonds is 3. The number of fused-ring (bicyclic) bond motifs is 1. The fourth-order valence-corrected chi connectivity index (χ4v) is 5.60. The molecule has 2 aromatic heterocycles. The van der Waals surface area contributed by atoms with E-state index in [1.54, 1.807) is 0 Å². The van der Waals surface area contributed by atoms with Gasteiger partial charge in [-0.3, -0.25) is 4.68 Å². The molecule has 5 heteroatoms. The van der Waals surface area contributed by atoms with E-state index in [9.17, 15) is 0 Å². The van der Waals surface area contributed by atoms with Crippen LogP contribution in [-0.2, 0) is 0 Å². The summed E-state index contributed by atoms with van der Waals surface area (Å²) in [6.45, 7) is 10.9. The second-order valence-electron chi connectivity index (χ2n) is 6.11. The van der Waals surface area contributed by atoms with Gasteiger partial charge in [-0.25, -0.2) is 0 Å². The first kappa shape index (κ1) is 15.0. The van der Waals surface area contributed by atoms with Crippen molar-refractivity contribution in [3.8, 4) is 0 Å². The van der Waals surface area contributed by atoms with Crippen molar-refractivity contribution in [3.05, 3.63) is 28.4 Å². The quantitative estimate of drug-likeness (QED) is 0.844. The highest BCUT2D eigenvalue weighted by molar-refractivity contribution is 8.01. The van der Waals surface area contributed by atoms with Crippen LogP contribution in [0.15, 0.2) is 15.7 Å². The molecular weight excluding hydrogens is 298 g/mol. The predicted octanol–water partition coefficient (Wildman–Crippen LogP) is 5.18. The van der Waals surface area contributed by atoms with Gasteiger partial charge in [0.25, 0.3) is 0 Å². The Morgan fingerprint density at radius 1 is 1.38 bits per heavy atom. The summed E-state index contributed by atoms with van der Waals surface area (Å²) in [5.74, 6) is 0. The van der Waals surface area contributed by atoms with Crippen LogP contribution in [0.1, 0.15) is 56.2 Å². The Bertz CT molecular complexity index is 642. The second kappa shape index (κ2) is 5.69. The number of nitrogens with one attached hydrogen (secondary N) is 1. The molecule has 0 saturated carbocycles. The number of nitrogens with zero attached hydrogens (tertiary/aromatic N) is 2. The van der Waals surface area contributed by atoms with Gasteiger partial charge in [-0.05, 0) is 51.1 Å². The lowest BCUT2D eigenvalue weighted by atomic mass is 10.0. The van der Waals surface area contributed by atoms with Gasteiger partial charge in [0.2, 0.25) is 0 Å². The number of thioether (sulfide) groups is 1. The Morgan fingerprint density at radius 2 is 2.14 bits per heavy atom. The zero-order valence-corrected chi connectivity index (χ0v) is 14.9. The van der Waals surface area contributed by atoms with E-state index in [1.807, 2.05) is 23.1 Å². The lowest BCUT2D eigenvalue weighted by Gasteiger charge is -2.28. The Morgan fingerprint density at radius 3 is 2.81 bits per heavy atom. The van der Waals surface area contributed by atoms with Crippen molar-refractivity contribution in [2.45, 2.75) is 62.6 Å². The van der Waals surface area contributed by atoms with Crippen LogP contribution >= 0.6 is 23.1 Å². The minimum absolute atomic E-state index is 0.400. The third kappa shape index (κ3) is 2.73. The molecule has 0 aliphatic carbocycles. The molecule has 3 nitrogen and oxygen atoms in total. The van der Waals surface area contributed by atoms with Crippen LogP contribution in [0.5, 0.6) is 0 Å². The van der Waals surface area contributed by atoms with Crippen LogP contribution in [0.4, 0.5) is 5.69 Å². The summed E-state index contributed by atoms with van der Waals surface area (Å²) in [5, 5.41) is 11.3. The minimum atomic E-state index is 0.400. The smallest absolute Gasteiger partial charge is 0.0828 e. The van der Waals surface area contributed by atoms with Crippen LogP contribution in [0.2, 0.25) is 0 Å². The Hall–Kier alpha value is -0.940. The summed E-state index contributed by atoms with van der Waals surface area (Å²) in [7, 11) is 0. The van der Waals surface area contributed by atoms with Crippen molar-refractivity contribution in [3.63, 3.8) is 0 Å². The summed E-state index contributed by atoms with van der Waals surface area (Å²) < 4.78 is 3.59. The number of aromatic nitrogens is 2. The van der Waals surface area contributed by atoms with Crippen molar-refractivity contribution in [1.82, 2.24) is 9.78 Å². The maximum absolute atomic E-state index is 4.69. The minimum Gasteiger partial charge on any atom is -0.375 e. The number of anilines is 1. The number of hydrogen-bond donors (Lipinski definition) is 1. The van der Waals surface area contributed by atoms with Crippen molar-refractivity contribution < 1.29 is 0 Å². The molecule has 3 heterocycles. The highest BCUT2D eigenvalue weighted by Gasteiger charge is 2.27. The standard InChI is InChI=1S/C16H23N3S2/c1-9(2)19-12(5)15(11(4)18-19)17-14-8-10(3)21-16-13(14)6-7-20-16/h6-7,9-10,14,17H,8H2,1-5H3/t10-,14?/m0/s1. The van der Waals surface area contributed by atoms with Gasteiger partial charge in [-0.1, -0.05) is 6.92 Å². The molecule has 0 spiro atoms. The molecule has 0 saturated heterocycles. The van der Waals surface area contributed by atoms with Gasteiger partial charge < -0.3 is 5.32 Å². The van der Waals surface area contributed by atoms with Crippen LogP contribution < -0.4 is 5.32 Å². The molecule has 1 N–H and O–H groups in total. The normalized spacial score (nSPS) is 21.6. The average molecular weight is 322 g/mol. The van der Waals surface area contributed by atoms with Gasteiger partial charge in [0, 0.05) is 11.3 Å². The van der Waals surface area contributed by atoms with E-state index >= 15 is 0 Å². The summed E-state index contributed by atoms with van der Waals surface area (Å²) in [4.78, 5) is 0. The van der Waals surface area contributed by atoms with Gasteiger partial charge in [-0.2, -0.15) is 5.10 Å². The van der Waals surface area contributed by atoms with Gasteiger partial charge in [0.1, 0.15) is 0 Å². The van der Waals surface area contributed by atoms with E-state index < -0.39 is 0 Å². The van der Waals surface area contributed by atoms with Gasteiger partial charge >= 0.3 is 0 Å². The van der Waals surface area contributed by atoms with Crippen molar-refractivity contribution in [2.24, 2.45) is 0 Å². The number of aryl methyl sites for hydroxylation is 1. The molecule has 2 aromatic rings. The van der Waals surface area contributed by atoms with E-state index in [-0.39, 0.29) is 0 Å². The van der Waals surface area contributed by atoms with E-state index in [2.05, 4.69) is 61.2 Å². The van der Waals surface area contributed by atoms with Gasteiger partial charge in [-0.15, -0.1) is 23.1 Å². The lowest BCUT2D eigenvalue weighted by molar-refractivity contribution is 0.516. The molecule has 0 fully saturated rings. The van der Waals surface area contributed by atoms with Gasteiger partial charge in [0.15, 0.2) is 0 Å². The first-order valence-corrected chi connectivity index (χ1v) is 9.29. The molecule has 114 valence electrons. The SMILES string of the molecule is Cc1nn(C(C)C)c(C)c1NC1C[C@H](C)Sc2sccc21. The molecule has 3 rings (SSSR count). The van der Waals surface area contributed by atoms with Crippen molar-refractivity contribution >= 4 is 28.8 Å². The number of hydrogen-bond acceptors (Lipinski definition) is 4. The Balaban J connectivity index is 1.92. The van der Waals surface area contributed by atoms with Crippen LogP contribution in [0, 0.1) is 13.8 Å². The number of thiophene rings is 1. The third-order valence-electron chi connectivity index (χ3n) is 4.04. The van der Waals surface area contributed by atoms with E-state index in [4.69, 9.17) is 0 Å². The molecule has 2 atom stereocenters. The first-order chi connectivity index (χ1) is 9.97. The lowest BCUT2D eigenvalue weighted by Crippen LogP contribution is -2.19. The summed E-state index contributed by atoms with van der Waals surface area (Å²) in [6.07, 6.45) is 1.17. The summed E-state index contributed by atoms with van der Waals surface area (Å²) >= 11 is 3.87. The molecule has 1 aliphatic rings. The summed E-state index contributed by atoms with van der Waals surface area (Å²) in [6, 6.07) is 3.08. The van der Waals surface area contributed by atoms with Gasteiger partial charge in [0.05, 0.1) is 27.3 Å². The van der Waals surface area contributed by atoms with E-state index in [1.165, 1.54) is 27.6 Å². The highest BCUT2D eigenvalue weighted by Crippen LogP contribution is 2.45. The highest BCUT2D eigenvalue weighted by atomic mass is 32.2. The maximum atomic E-state index is 4.69. The zero-order valence-electron chi connectivity index (χ0n) is 13.3. The van der Waals surface area contributed by atoms with Crippen molar-refractivity contribution in [1.29, 1.82) is 0 Å². The average Bonchev–Trinajstić information content (AvgIpc) is 2.97. The van der Waals surface area contributed by atoms with Crippen molar-refractivity contribution in [2.75, 3.05) is 5.32 Å². The van der Waals surface area contributed by atoms with Crippen LogP contribution in [0.25, 0.3) is 0 Å². The molecular formula is C16H23N3S2. The molecule has 1 unspecified atom stereocenters. The topological polar surface area (TPSA) is 29.9 Å². The maximum Gasteiger partial charge on any atom is 0.0828 e. The molecule has 0 amide bonds. The molecule has 21 heavy (non-hydrogen) atoms. The molecule has 1 aliphatic heterocycles.